The second-order valence-corrected chi connectivity index (χ2v) is 5.71. The molecule has 1 saturated carbocycles. The van der Waals surface area contributed by atoms with Gasteiger partial charge in [-0.25, -0.2) is 0 Å². The Kier molecular flexibility index (Phi) is 3.56. The molecule has 2 aliphatic rings. The summed E-state index contributed by atoms with van der Waals surface area (Å²) in [5.41, 5.74) is 0. The number of rotatable bonds is 3. The fourth-order valence-electron chi connectivity index (χ4n) is 2.32. The number of thioether (sulfide) groups is 1. The quantitative estimate of drug-likeness (QED) is 0.750. The average molecular weight is 199 g/mol. The van der Waals surface area contributed by atoms with Crippen LogP contribution in [0.5, 0.6) is 0 Å². The van der Waals surface area contributed by atoms with Gasteiger partial charge in [-0.3, -0.25) is 0 Å². The summed E-state index contributed by atoms with van der Waals surface area (Å²) in [6.45, 7) is 2.38. The van der Waals surface area contributed by atoms with Crippen LogP contribution < -0.4 is 5.32 Å². The zero-order valence-electron chi connectivity index (χ0n) is 8.59. The topological polar surface area (TPSA) is 12.0 Å². The maximum Gasteiger partial charge on any atom is 0.0161 e. The van der Waals surface area contributed by atoms with Gasteiger partial charge in [0.2, 0.25) is 0 Å². The van der Waals surface area contributed by atoms with Crippen LogP contribution >= 0.6 is 11.8 Å². The summed E-state index contributed by atoms with van der Waals surface area (Å²) in [4.78, 5) is 0. The Morgan fingerprint density at radius 1 is 1.23 bits per heavy atom. The minimum Gasteiger partial charge on any atom is -0.310 e. The summed E-state index contributed by atoms with van der Waals surface area (Å²) < 4.78 is 0. The summed E-state index contributed by atoms with van der Waals surface area (Å²) >= 11 is 2.12. The van der Waals surface area contributed by atoms with Crippen LogP contribution in [0.15, 0.2) is 0 Å². The molecule has 1 nitrogen and oxygen atoms in total. The lowest BCUT2D eigenvalue weighted by atomic mass is 9.80. The molecule has 0 spiro atoms. The molecule has 0 aromatic rings. The van der Waals surface area contributed by atoms with E-state index >= 15 is 0 Å². The Hall–Kier alpha value is 0.310. The summed E-state index contributed by atoms with van der Waals surface area (Å²) in [7, 11) is 0. The van der Waals surface area contributed by atoms with Crippen molar-refractivity contribution in [2.45, 2.75) is 51.1 Å². The summed E-state index contributed by atoms with van der Waals surface area (Å²) in [6.07, 6.45) is 7.22. The van der Waals surface area contributed by atoms with Crippen LogP contribution in [-0.2, 0) is 0 Å². The van der Waals surface area contributed by atoms with Gasteiger partial charge in [-0.1, -0.05) is 6.42 Å². The molecular formula is C11H21NS. The first-order chi connectivity index (χ1) is 6.36. The minimum atomic E-state index is 0.775. The highest BCUT2D eigenvalue weighted by Gasteiger charge is 2.26. The number of hydrogen-bond donors (Lipinski definition) is 1. The maximum absolute atomic E-state index is 3.80. The van der Waals surface area contributed by atoms with Gasteiger partial charge >= 0.3 is 0 Å². The SMILES string of the molecule is CC(NC1CCCSC1)C1CCC1. The fraction of sp³-hybridized carbons (Fsp3) is 1.00. The summed E-state index contributed by atoms with van der Waals surface area (Å²) in [5.74, 6) is 3.72. The van der Waals surface area contributed by atoms with Crippen molar-refractivity contribution >= 4 is 11.8 Å². The standard InChI is InChI=1S/C11H21NS/c1-9(10-4-2-5-10)12-11-6-3-7-13-8-11/h9-12H,2-8H2,1H3. The first-order valence-corrected chi connectivity index (χ1v) is 6.85. The van der Waals surface area contributed by atoms with Gasteiger partial charge in [-0.05, 0) is 44.3 Å². The molecule has 1 saturated heterocycles. The third kappa shape index (κ3) is 2.63. The highest BCUT2D eigenvalue weighted by atomic mass is 32.2. The molecule has 13 heavy (non-hydrogen) atoms. The van der Waals surface area contributed by atoms with E-state index in [1.165, 1.54) is 43.6 Å². The van der Waals surface area contributed by atoms with Crippen LogP contribution in [0.25, 0.3) is 0 Å². The Bertz CT molecular complexity index is 150. The first-order valence-electron chi connectivity index (χ1n) is 5.70. The van der Waals surface area contributed by atoms with E-state index in [4.69, 9.17) is 0 Å². The molecule has 2 heteroatoms. The Morgan fingerprint density at radius 3 is 2.62 bits per heavy atom. The van der Waals surface area contributed by atoms with Gasteiger partial charge in [0, 0.05) is 17.8 Å². The van der Waals surface area contributed by atoms with Gasteiger partial charge < -0.3 is 5.32 Å². The van der Waals surface area contributed by atoms with Crippen LogP contribution in [0, 0.1) is 5.92 Å². The van der Waals surface area contributed by atoms with E-state index in [0.717, 1.165) is 18.0 Å². The lowest BCUT2D eigenvalue weighted by molar-refractivity contribution is 0.227. The van der Waals surface area contributed by atoms with E-state index in [2.05, 4.69) is 24.0 Å². The molecule has 0 bridgehead atoms. The largest absolute Gasteiger partial charge is 0.310 e. The molecule has 0 radical (unpaired) electrons. The van der Waals surface area contributed by atoms with Crippen molar-refractivity contribution in [1.29, 1.82) is 0 Å². The van der Waals surface area contributed by atoms with E-state index < -0.39 is 0 Å². The van der Waals surface area contributed by atoms with E-state index in [9.17, 15) is 0 Å². The Balaban J connectivity index is 1.69. The normalized spacial score (nSPS) is 32.5. The monoisotopic (exact) mass is 199 g/mol. The molecule has 0 aromatic heterocycles. The van der Waals surface area contributed by atoms with Crippen molar-refractivity contribution in [3.8, 4) is 0 Å². The molecule has 1 N–H and O–H groups in total. The van der Waals surface area contributed by atoms with Crippen molar-refractivity contribution in [1.82, 2.24) is 5.32 Å². The predicted molar refractivity (Wildman–Crippen MR) is 60.3 cm³/mol. The predicted octanol–water partition coefficient (Wildman–Crippen LogP) is 2.66. The van der Waals surface area contributed by atoms with Crippen LogP contribution in [0.4, 0.5) is 0 Å². The van der Waals surface area contributed by atoms with Crippen molar-refractivity contribution in [2.24, 2.45) is 5.92 Å². The minimum absolute atomic E-state index is 0.775. The average Bonchev–Trinajstić information content (AvgIpc) is 2.02. The summed E-state index contributed by atoms with van der Waals surface area (Å²) in [5, 5.41) is 3.80. The number of hydrogen-bond acceptors (Lipinski definition) is 2. The molecule has 76 valence electrons. The maximum atomic E-state index is 3.80. The van der Waals surface area contributed by atoms with Gasteiger partial charge in [-0.15, -0.1) is 0 Å². The van der Waals surface area contributed by atoms with Crippen LogP contribution in [0.2, 0.25) is 0 Å². The van der Waals surface area contributed by atoms with Crippen molar-refractivity contribution in [2.75, 3.05) is 11.5 Å². The second-order valence-electron chi connectivity index (χ2n) is 4.56. The van der Waals surface area contributed by atoms with Crippen molar-refractivity contribution < 1.29 is 0 Å². The zero-order valence-corrected chi connectivity index (χ0v) is 9.41. The van der Waals surface area contributed by atoms with Crippen molar-refractivity contribution in [3.63, 3.8) is 0 Å². The molecule has 2 unspecified atom stereocenters. The molecule has 0 aromatic carbocycles. The highest BCUT2D eigenvalue weighted by Crippen LogP contribution is 2.30. The fourth-order valence-corrected chi connectivity index (χ4v) is 3.40. The van der Waals surface area contributed by atoms with E-state index in [1.807, 2.05) is 0 Å². The third-order valence-corrected chi connectivity index (χ3v) is 4.73. The lowest BCUT2D eigenvalue weighted by Gasteiger charge is -2.35. The number of nitrogens with one attached hydrogen (secondary N) is 1. The van der Waals surface area contributed by atoms with Crippen LogP contribution in [0.3, 0.4) is 0 Å². The molecule has 1 aliphatic heterocycles. The highest BCUT2D eigenvalue weighted by molar-refractivity contribution is 7.99. The van der Waals surface area contributed by atoms with E-state index in [1.54, 1.807) is 0 Å². The van der Waals surface area contributed by atoms with Gasteiger partial charge in [0.1, 0.15) is 0 Å². The van der Waals surface area contributed by atoms with Gasteiger partial charge in [0.05, 0.1) is 0 Å². The van der Waals surface area contributed by atoms with Gasteiger partial charge in [0.25, 0.3) is 0 Å². The Labute approximate surface area is 86.0 Å². The molecule has 2 atom stereocenters. The van der Waals surface area contributed by atoms with Crippen LogP contribution in [0.1, 0.15) is 39.0 Å². The summed E-state index contributed by atoms with van der Waals surface area (Å²) in [6, 6.07) is 1.59. The molecule has 0 amide bonds. The lowest BCUT2D eigenvalue weighted by Crippen LogP contribution is -2.45. The van der Waals surface area contributed by atoms with E-state index in [0.29, 0.717) is 0 Å². The third-order valence-electron chi connectivity index (χ3n) is 3.52. The Morgan fingerprint density at radius 2 is 2.08 bits per heavy atom. The molecule has 1 heterocycles. The molecule has 2 rings (SSSR count). The smallest absolute Gasteiger partial charge is 0.0161 e. The van der Waals surface area contributed by atoms with E-state index in [-0.39, 0.29) is 0 Å². The molecule has 2 fully saturated rings. The van der Waals surface area contributed by atoms with Gasteiger partial charge in [0.15, 0.2) is 0 Å². The molecule has 1 aliphatic carbocycles. The second kappa shape index (κ2) is 4.70. The zero-order chi connectivity index (χ0) is 9.10. The first kappa shape index (κ1) is 9.85. The van der Waals surface area contributed by atoms with Crippen molar-refractivity contribution in [3.05, 3.63) is 0 Å². The van der Waals surface area contributed by atoms with Crippen LogP contribution in [-0.4, -0.2) is 23.6 Å². The van der Waals surface area contributed by atoms with Gasteiger partial charge in [-0.2, -0.15) is 11.8 Å². The molecular weight excluding hydrogens is 178 g/mol.